The van der Waals surface area contributed by atoms with E-state index in [1.165, 1.54) is 4.90 Å². The Labute approximate surface area is 150 Å². The van der Waals surface area contributed by atoms with Crippen LogP contribution in [0.2, 0.25) is 0 Å². The van der Waals surface area contributed by atoms with Crippen LogP contribution in [0.5, 0.6) is 0 Å². The van der Waals surface area contributed by atoms with E-state index in [0.29, 0.717) is 22.7 Å². The number of carbonyl (C=O) groups is 1. The lowest BCUT2D eigenvalue weighted by atomic mass is 10.0. The van der Waals surface area contributed by atoms with E-state index >= 15 is 0 Å². The van der Waals surface area contributed by atoms with Gasteiger partial charge in [-0.25, -0.2) is 0 Å². The fourth-order valence-electron chi connectivity index (χ4n) is 3.24. The molecule has 0 radical (unpaired) electrons. The number of benzene rings is 2. The Bertz CT molecular complexity index is 1120. The molecule has 1 aliphatic rings. The van der Waals surface area contributed by atoms with E-state index in [1.807, 2.05) is 6.07 Å². The van der Waals surface area contributed by atoms with E-state index in [2.05, 4.69) is 11.1 Å². The third-order valence-electron chi connectivity index (χ3n) is 4.81. The number of carbonyl (C=O) groups excluding carboxylic acids is 1. The topological polar surface area (TPSA) is 77.0 Å². The van der Waals surface area contributed by atoms with Crippen LogP contribution in [0.4, 0.5) is 5.69 Å². The van der Waals surface area contributed by atoms with Crippen LogP contribution in [-0.4, -0.2) is 17.9 Å². The predicted octanol–water partition coefficient (Wildman–Crippen LogP) is 3.55. The Hall–Kier alpha value is -3.39. The van der Waals surface area contributed by atoms with Crippen molar-refractivity contribution in [2.45, 2.75) is 18.8 Å². The average Bonchev–Trinajstić information content (AvgIpc) is 3.51. The maximum Gasteiger partial charge on any atom is 0.258 e. The molecule has 5 nitrogen and oxygen atoms in total. The Kier molecular flexibility index (Phi) is 3.81. The molecule has 0 aliphatic heterocycles. The van der Waals surface area contributed by atoms with Crippen molar-refractivity contribution in [3.63, 3.8) is 0 Å². The Morgan fingerprint density at radius 1 is 1.19 bits per heavy atom. The van der Waals surface area contributed by atoms with Crippen molar-refractivity contribution in [2.75, 3.05) is 11.9 Å². The van der Waals surface area contributed by atoms with Crippen LogP contribution in [0.3, 0.4) is 0 Å². The Morgan fingerprint density at radius 2 is 2.00 bits per heavy atom. The smallest absolute Gasteiger partial charge is 0.258 e. The van der Waals surface area contributed by atoms with Gasteiger partial charge in [-0.1, -0.05) is 6.07 Å². The number of aromatic nitrogens is 1. The van der Waals surface area contributed by atoms with E-state index in [1.54, 1.807) is 49.5 Å². The number of nitrogens with one attached hydrogen (secondary N) is 1. The first kappa shape index (κ1) is 16.1. The lowest BCUT2D eigenvalue weighted by molar-refractivity contribution is 0.0993. The highest BCUT2D eigenvalue weighted by atomic mass is 16.2. The van der Waals surface area contributed by atoms with Gasteiger partial charge in [0.1, 0.15) is 0 Å². The zero-order valence-corrected chi connectivity index (χ0v) is 14.3. The first-order valence-electron chi connectivity index (χ1n) is 8.52. The summed E-state index contributed by atoms with van der Waals surface area (Å²) in [7, 11) is 1.69. The molecular weight excluding hydrogens is 326 g/mol. The van der Waals surface area contributed by atoms with Crippen LogP contribution in [0, 0.1) is 11.3 Å². The quantitative estimate of drug-likeness (QED) is 0.790. The summed E-state index contributed by atoms with van der Waals surface area (Å²) in [6.07, 6.45) is 2.16. The summed E-state index contributed by atoms with van der Waals surface area (Å²) in [6.45, 7) is 0. The van der Waals surface area contributed by atoms with Gasteiger partial charge in [-0.3, -0.25) is 9.59 Å². The summed E-state index contributed by atoms with van der Waals surface area (Å²) in [5.41, 5.74) is 3.39. The summed E-state index contributed by atoms with van der Waals surface area (Å²) in [5.74, 6) is 0.255. The van der Waals surface area contributed by atoms with Crippen molar-refractivity contribution in [3.8, 4) is 6.07 Å². The molecule has 0 atom stereocenters. The normalized spacial score (nSPS) is 13.4. The first-order chi connectivity index (χ1) is 12.6. The highest BCUT2D eigenvalue weighted by Crippen LogP contribution is 2.42. The molecule has 128 valence electrons. The molecule has 1 fully saturated rings. The first-order valence-corrected chi connectivity index (χ1v) is 8.52. The molecule has 1 aliphatic carbocycles. The van der Waals surface area contributed by atoms with Crippen molar-refractivity contribution in [3.05, 3.63) is 75.6 Å². The molecule has 0 unspecified atom stereocenters. The zero-order chi connectivity index (χ0) is 18.3. The van der Waals surface area contributed by atoms with Gasteiger partial charge >= 0.3 is 0 Å². The summed E-state index contributed by atoms with van der Waals surface area (Å²) in [6, 6.07) is 16.0. The second kappa shape index (κ2) is 6.16. The zero-order valence-electron chi connectivity index (χ0n) is 14.3. The van der Waals surface area contributed by atoms with E-state index < -0.39 is 0 Å². The number of nitrogens with zero attached hydrogens (tertiary/aromatic N) is 2. The fraction of sp³-hybridized carbons (Fsp3) is 0.190. The maximum absolute atomic E-state index is 12.9. The van der Waals surface area contributed by atoms with Gasteiger partial charge in [0.25, 0.3) is 5.91 Å². The molecule has 4 rings (SSSR count). The lowest BCUT2D eigenvalue weighted by Gasteiger charge is -2.18. The predicted molar refractivity (Wildman–Crippen MR) is 100 cm³/mol. The SMILES string of the molecule is CN(C(=O)c1ccc2[nH]c(=O)cc(C3CC3)c2c1)c1cccc(C#N)c1. The minimum absolute atomic E-state index is 0.107. The van der Waals surface area contributed by atoms with Crippen LogP contribution in [0.1, 0.15) is 40.2 Å². The highest BCUT2D eigenvalue weighted by Gasteiger charge is 2.26. The fourth-order valence-corrected chi connectivity index (χ4v) is 3.24. The van der Waals surface area contributed by atoms with Crippen LogP contribution in [0.15, 0.2) is 53.3 Å². The number of nitriles is 1. The van der Waals surface area contributed by atoms with Crippen molar-refractivity contribution >= 4 is 22.5 Å². The van der Waals surface area contributed by atoms with Gasteiger partial charge in [0, 0.05) is 35.3 Å². The van der Waals surface area contributed by atoms with Gasteiger partial charge in [0.2, 0.25) is 5.56 Å². The minimum atomic E-state index is -0.157. The van der Waals surface area contributed by atoms with E-state index in [-0.39, 0.29) is 11.5 Å². The van der Waals surface area contributed by atoms with Crippen molar-refractivity contribution in [1.29, 1.82) is 5.26 Å². The second-order valence-electron chi connectivity index (χ2n) is 6.65. The van der Waals surface area contributed by atoms with Gasteiger partial charge in [-0.05, 0) is 60.7 Å². The van der Waals surface area contributed by atoms with Gasteiger partial charge in [0.05, 0.1) is 11.6 Å². The molecule has 1 amide bonds. The number of pyridine rings is 1. The number of anilines is 1. The second-order valence-corrected chi connectivity index (χ2v) is 6.65. The summed E-state index contributed by atoms with van der Waals surface area (Å²) >= 11 is 0. The molecular formula is C21H17N3O2. The molecule has 2 aromatic carbocycles. The molecule has 5 heteroatoms. The minimum Gasteiger partial charge on any atom is -0.322 e. The van der Waals surface area contributed by atoms with Crippen LogP contribution in [-0.2, 0) is 0 Å². The van der Waals surface area contributed by atoms with Crippen molar-refractivity contribution < 1.29 is 4.79 Å². The monoisotopic (exact) mass is 343 g/mol. The standard InChI is InChI=1S/C21H17N3O2/c1-24(16-4-2-3-13(9-16)12-22)21(26)15-7-8-19-18(10-15)17(14-5-6-14)11-20(25)23-19/h2-4,7-11,14H,5-6H2,1H3,(H,23,25). The summed E-state index contributed by atoms with van der Waals surface area (Å²) < 4.78 is 0. The van der Waals surface area contributed by atoms with Crippen LogP contribution >= 0.6 is 0 Å². The Morgan fingerprint density at radius 3 is 2.73 bits per heavy atom. The molecule has 1 saturated carbocycles. The number of amides is 1. The Balaban J connectivity index is 1.75. The highest BCUT2D eigenvalue weighted by molar-refractivity contribution is 6.07. The molecule has 26 heavy (non-hydrogen) atoms. The molecule has 3 aromatic rings. The summed E-state index contributed by atoms with van der Waals surface area (Å²) in [4.78, 5) is 29.1. The number of aromatic amines is 1. The summed E-state index contributed by atoms with van der Waals surface area (Å²) in [5, 5.41) is 9.97. The van der Waals surface area contributed by atoms with Gasteiger partial charge < -0.3 is 9.88 Å². The van der Waals surface area contributed by atoms with Crippen molar-refractivity contribution in [2.24, 2.45) is 0 Å². The molecule has 0 spiro atoms. The maximum atomic E-state index is 12.9. The molecule has 1 heterocycles. The van der Waals surface area contributed by atoms with Gasteiger partial charge in [-0.2, -0.15) is 5.26 Å². The molecule has 1 aromatic heterocycles. The number of fused-ring (bicyclic) bond motifs is 1. The number of hydrogen-bond donors (Lipinski definition) is 1. The van der Waals surface area contributed by atoms with Crippen LogP contribution < -0.4 is 10.5 Å². The van der Waals surface area contributed by atoms with E-state index in [0.717, 1.165) is 29.3 Å². The third kappa shape index (κ3) is 2.86. The molecule has 0 bridgehead atoms. The lowest BCUT2D eigenvalue weighted by Crippen LogP contribution is -2.26. The van der Waals surface area contributed by atoms with Gasteiger partial charge in [0.15, 0.2) is 0 Å². The third-order valence-corrected chi connectivity index (χ3v) is 4.81. The molecule has 1 N–H and O–H groups in total. The largest absolute Gasteiger partial charge is 0.322 e. The van der Waals surface area contributed by atoms with E-state index in [9.17, 15) is 9.59 Å². The average molecular weight is 343 g/mol. The van der Waals surface area contributed by atoms with Crippen LogP contribution in [0.25, 0.3) is 10.9 Å². The van der Waals surface area contributed by atoms with Crippen molar-refractivity contribution in [1.82, 2.24) is 4.98 Å². The number of rotatable bonds is 3. The molecule has 0 saturated heterocycles. The van der Waals surface area contributed by atoms with E-state index in [4.69, 9.17) is 5.26 Å². The van der Waals surface area contributed by atoms with Gasteiger partial charge in [-0.15, -0.1) is 0 Å². The number of H-pyrrole nitrogens is 1. The number of hydrogen-bond acceptors (Lipinski definition) is 3.